The Morgan fingerprint density at radius 2 is 1.65 bits per heavy atom. The van der Waals surface area contributed by atoms with Crippen LogP contribution in [0.5, 0.6) is 5.75 Å². The van der Waals surface area contributed by atoms with E-state index in [4.69, 9.17) is 4.74 Å². The highest BCUT2D eigenvalue weighted by Gasteiger charge is 2.37. The van der Waals surface area contributed by atoms with E-state index in [-0.39, 0.29) is 10.9 Å². The average molecular weight is 385 g/mol. The van der Waals surface area contributed by atoms with E-state index in [1.807, 2.05) is 12.1 Å². The summed E-state index contributed by atoms with van der Waals surface area (Å²) in [6, 6.07) is 10.4. The van der Waals surface area contributed by atoms with Crippen molar-refractivity contribution in [3.05, 3.63) is 59.7 Å². The lowest BCUT2D eigenvalue weighted by Crippen LogP contribution is -2.30. The van der Waals surface area contributed by atoms with E-state index in [9.17, 15) is 21.6 Å². The molecule has 4 nitrogen and oxygen atoms in total. The van der Waals surface area contributed by atoms with Crippen molar-refractivity contribution >= 4 is 10.0 Å². The van der Waals surface area contributed by atoms with Gasteiger partial charge in [0.05, 0.1) is 23.6 Å². The van der Waals surface area contributed by atoms with E-state index < -0.39 is 21.8 Å². The number of benzene rings is 2. The number of alkyl halides is 3. The molecule has 0 aliphatic carbocycles. The van der Waals surface area contributed by atoms with Gasteiger partial charge in [0, 0.05) is 6.54 Å². The first-order valence-corrected chi connectivity index (χ1v) is 9.50. The molecule has 1 fully saturated rings. The molecule has 1 heterocycles. The minimum atomic E-state index is -4.50. The maximum absolute atomic E-state index is 12.9. The zero-order valence-corrected chi connectivity index (χ0v) is 14.8. The smallest absolute Gasteiger partial charge is 0.416 e. The minimum absolute atomic E-state index is 0.133. The average Bonchev–Trinajstić information content (AvgIpc) is 3.12. The molecule has 0 spiro atoms. The van der Waals surface area contributed by atoms with Crippen LogP contribution in [0.2, 0.25) is 0 Å². The van der Waals surface area contributed by atoms with Crippen molar-refractivity contribution in [2.24, 2.45) is 0 Å². The number of methoxy groups -OCH3 is 1. The Morgan fingerprint density at radius 1 is 1.04 bits per heavy atom. The monoisotopic (exact) mass is 385 g/mol. The van der Waals surface area contributed by atoms with Gasteiger partial charge in [-0.2, -0.15) is 17.5 Å². The number of ether oxygens (including phenoxy) is 1. The van der Waals surface area contributed by atoms with Gasteiger partial charge >= 0.3 is 6.18 Å². The molecule has 0 aromatic heterocycles. The predicted octanol–water partition coefficient (Wildman–Crippen LogP) is 4.24. The fourth-order valence-electron chi connectivity index (χ4n) is 3.14. The van der Waals surface area contributed by atoms with Gasteiger partial charge in [-0.15, -0.1) is 0 Å². The lowest BCUT2D eigenvalue weighted by Gasteiger charge is -2.24. The Hall–Kier alpha value is -2.06. The molecule has 1 aliphatic heterocycles. The van der Waals surface area contributed by atoms with E-state index in [0.717, 1.165) is 29.8 Å². The molecule has 1 atom stereocenters. The molecule has 2 aromatic rings. The third-order valence-electron chi connectivity index (χ3n) is 4.49. The summed E-state index contributed by atoms with van der Waals surface area (Å²) in [5.74, 6) is 0.670. The lowest BCUT2D eigenvalue weighted by atomic mass is 10.1. The number of nitrogens with zero attached hydrogens (tertiary/aromatic N) is 1. The maximum atomic E-state index is 12.9. The first kappa shape index (κ1) is 18.7. The van der Waals surface area contributed by atoms with Crippen LogP contribution in [-0.2, 0) is 16.2 Å². The van der Waals surface area contributed by atoms with Crippen LogP contribution < -0.4 is 4.74 Å². The fourth-order valence-corrected chi connectivity index (χ4v) is 4.82. The Balaban J connectivity index is 1.89. The normalized spacial score (nSPS) is 18.8. The number of hydrogen-bond acceptors (Lipinski definition) is 3. The van der Waals surface area contributed by atoms with E-state index in [1.165, 1.54) is 4.31 Å². The molecule has 3 rings (SSSR count). The van der Waals surface area contributed by atoms with E-state index in [2.05, 4.69) is 0 Å². The maximum Gasteiger partial charge on any atom is 0.416 e. The third kappa shape index (κ3) is 3.57. The lowest BCUT2D eigenvalue weighted by molar-refractivity contribution is -0.137. The highest BCUT2D eigenvalue weighted by atomic mass is 32.2. The number of hydrogen-bond donors (Lipinski definition) is 0. The summed E-state index contributed by atoms with van der Waals surface area (Å²) >= 11 is 0. The molecule has 8 heteroatoms. The minimum Gasteiger partial charge on any atom is -0.497 e. The summed E-state index contributed by atoms with van der Waals surface area (Å²) in [5, 5.41) is 0. The van der Waals surface area contributed by atoms with Gasteiger partial charge < -0.3 is 4.74 Å². The fraction of sp³-hybridized carbons (Fsp3) is 0.333. The van der Waals surface area contributed by atoms with Gasteiger partial charge in [0.15, 0.2) is 0 Å². The standard InChI is InChI=1S/C18H18F3NO3S/c1-25-15-8-4-13(5-9-15)17-3-2-12-22(17)26(23,24)16-10-6-14(7-11-16)18(19,20)21/h4-11,17H,2-3,12H2,1H3. The summed E-state index contributed by atoms with van der Waals surface area (Å²) in [7, 11) is -2.33. The predicted molar refractivity (Wildman–Crippen MR) is 90.3 cm³/mol. The van der Waals surface area contributed by atoms with Crippen LogP contribution in [0.3, 0.4) is 0 Å². The van der Waals surface area contributed by atoms with Gasteiger partial charge in [-0.1, -0.05) is 12.1 Å². The molecule has 1 saturated heterocycles. The Labute approximate surface area is 150 Å². The van der Waals surface area contributed by atoms with Gasteiger partial charge in [-0.25, -0.2) is 8.42 Å². The summed E-state index contributed by atoms with van der Waals surface area (Å²) in [6.07, 6.45) is -3.15. The molecule has 2 aromatic carbocycles. The SMILES string of the molecule is COc1ccc(C2CCCN2S(=O)(=O)c2ccc(C(F)(F)F)cc2)cc1. The second kappa shape index (κ2) is 6.92. The highest BCUT2D eigenvalue weighted by molar-refractivity contribution is 7.89. The van der Waals surface area contributed by atoms with Gasteiger partial charge in [0.1, 0.15) is 5.75 Å². The molecule has 0 N–H and O–H groups in total. The van der Waals surface area contributed by atoms with E-state index >= 15 is 0 Å². The van der Waals surface area contributed by atoms with Gasteiger partial charge in [-0.3, -0.25) is 0 Å². The molecular weight excluding hydrogens is 367 g/mol. The van der Waals surface area contributed by atoms with Crippen molar-refractivity contribution < 1.29 is 26.3 Å². The number of rotatable bonds is 4. The van der Waals surface area contributed by atoms with E-state index in [0.29, 0.717) is 25.1 Å². The van der Waals surface area contributed by atoms with Crippen LogP contribution in [0, 0.1) is 0 Å². The molecule has 0 bridgehead atoms. The third-order valence-corrected chi connectivity index (χ3v) is 6.41. The molecular formula is C18H18F3NO3S. The van der Waals surface area contributed by atoms with Crippen LogP contribution in [0.25, 0.3) is 0 Å². The van der Waals surface area contributed by atoms with Crippen molar-refractivity contribution in [2.45, 2.75) is 30.0 Å². The summed E-state index contributed by atoms with van der Waals surface area (Å²) in [6.45, 7) is 0.333. The first-order valence-electron chi connectivity index (χ1n) is 8.06. The van der Waals surface area contributed by atoms with Crippen molar-refractivity contribution in [3.8, 4) is 5.75 Å². The van der Waals surface area contributed by atoms with Crippen molar-refractivity contribution in [1.82, 2.24) is 4.31 Å². The zero-order chi connectivity index (χ0) is 18.9. The van der Waals surface area contributed by atoms with Crippen LogP contribution >= 0.6 is 0 Å². The van der Waals surface area contributed by atoms with Crippen LogP contribution in [-0.4, -0.2) is 26.4 Å². The molecule has 26 heavy (non-hydrogen) atoms. The summed E-state index contributed by atoms with van der Waals surface area (Å²) in [5.41, 5.74) is -0.0386. The van der Waals surface area contributed by atoms with Crippen molar-refractivity contribution in [2.75, 3.05) is 13.7 Å². The quantitative estimate of drug-likeness (QED) is 0.791. The molecule has 0 saturated carbocycles. The number of halogens is 3. The molecule has 1 aliphatic rings. The molecule has 1 unspecified atom stereocenters. The Morgan fingerprint density at radius 3 is 2.19 bits per heavy atom. The van der Waals surface area contributed by atoms with Gasteiger partial charge in [-0.05, 0) is 54.8 Å². The van der Waals surface area contributed by atoms with Crippen LogP contribution in [0.15, 0.2) is 53.4 Å². The van der Waals surface area contributed by atoms with E-state index in [1.54, 1.807) is 19.2 Å². The van der Waals surface area contributed by atoms with Crippen LogP contribution in [0.4, 0.5) is 13.2 Å². The molecule has 140 valence electrons. The second-order valence-electron chi connectivity index (χ2n) is 6.07. The van der Waals surface area contributed by atoms with Gasteiger partial charge in [0.2, 0.25) is 10.0 Å². The highest BCUT2D eigenvalue weighted by Crippen LogP contribution is 2.37. The molecule has 0 radical (unpaired) electrons. The van der Waals surface area contributed by atoms with Crippen molar-refractivity contribution in [3.63, 3.8) is 0 Å². The zero-order valence-electron chi connectivity index (χ0n) is 14.0. The second-order valence-corrected chi connectivity index (χ2v) is 7.96. The summed E-state index contributed by atoms with van der Waals surface area (Å²) in [4.78, 5) is -0.133. The largest absolute Gasteiger partial charge is 0.497 e. The molecule has 0 amide bonds. The first-order chi connectivity index (χ1) is 12.2. The van der Waals surface area contributed by atoms with Crippen LogP contribution in [0.1, 0.15) is 30.0 Å². The van der Waals surface area contributed by atoms with Gasteiger partial charge in [0.25, 0.3) is 0 Å². The Kier molecular flexibility index (Phi) is 4.98. The van der Waals surface area contributed by atoms with Crippen molar-refractivity contribution in [1.29, 1.82) is 0 Å². The summed E-state index contributed by atoms with van der Waals surface area (Å²) < 4.78 is 70.4. The number of sulfonamides is 1. The Bertz CT molecular complexity index is 862. The topological polar surface area (TPSA) is 46.6 Å².